The summed E-state index contributed by atoms with van der Waals surface area (Å²) in [5.41, 5.74) is 0.429. The van der Waals surface area contributed by atoms with Crippen molar-refractivity contribution in [2.75, 3.05) is 13.1 Å². The Morgan fingerprint density at radius 2 is 1.95 bits per heavy atom. The van der Waals surface area contributed by atoms with E-state index >= 15 is 0 Å². The van der Waals surface area contributed by atoms with E-state index in [1.54, 1.807) is 0 Å². The van der Waals surface area contributed by atoms with E-state index < -0.39 is 10.0 Å². The lowest BCUT2D eigenvalue weighted by atomic mass is 10.1. The first-order valence-electron chi connectivity index (χ1n) is 6.11. The Morgan fingerprint density at radius 1 is 1.30 bits per heavy atom. The molecule has 6 nitrogen and oxygen atoms in total. The number of hydrogen-bond donors (Lipinski definition) is 3. The van der Waals surface area contributed by atoms with E-state index in [1.807, 2.05) is 0 Å². The molecule has 4 N–H and O–H groups in total. The first kappa shape index (κ1) is 16.9. The molecule has 8 heteroatoms. The van der Waals surface area contributed by atoms with Gasteiger partial charge in [-0.25, -0.2) is 13.6 Å². The number of hydrogen-bond acceptors (Lipinski definition) is 4. The number of nitrogens with one attached hydrogen (secondary N) is 2. The van der Waals surface area contributed by atoms with Crippen LogP contribution in [0.15, 0.2) is 29.2 Å². The summed E-state index contributed by atoms with van der Waals surface area (Å²) in [6.45, 7) is 1.75. The number of piperidine rings is 1. The average Bonchev–Trinajstić information content (AvgIpc) is 2.39. The lowest BCUT2D eigenvalue weighted by molar-refractivity contribution is 0.0930. The van der Waals surface area contributed by atoms with E-state index in [2.05, 4.69) is 10.6 Å². The van der Waals surface area contributed by atoms with Crippen LogP contribution >= 0.6 is 12.4 Å². The van der Waals surface area contributed by atoms with Crippen LogP contribution in [0.3, 0.4) is 0 Å². The molecule has 0 saturated carbocycles. The summed E-state index contributed by atoms with van der Waals surface area (Å²) in [4.78, 5) is 12.0. The molecule has 0 aliphatic carbocycles. The first-order chi connectivity index (χ1) is 8.97. The summed E-state index contributed by atoms with van der Waals surface area (Å²) in [5, 5.41) is 11.1. The number of benzene rings is 1. The van der Waals surface area contributed by atoms with E-state index in [4.69, 9.17) is 5.14 Å². The smallest absolute Gasteiger partial charge is 0.251 e. The molecule has 1 saturated heterocycles. The number of amides is 1. The topological polar surface area (TPSA) is 101 Å². The molecule has 0 unspecified atom stereocenters. The summed E-state index contributed by atoms with van der Waals surface area (Å²) < 4.78 is 22.2. The minimum atomic E-state index is -3.71. The van der Waals surface area contributed by atoms with Gasteiger partial charge in [-0.1, -0.05) is 0 Å². The van der Waals surface area contributed by atoms with Gasteiger partial charge in [0.15, 0.2) is 0 Å². The zero-order chi connectivity index (χ0) is 13.9. The van der Waals surface area contributed by atoms with Crippen molar-refractivity contribution in [3.8, 4) is 0 Å². The van der Waals surface area contributed by atoms with Gasteiger partial charge in [-0.15, -0.1) is 12.4 Å². The highest BCUT2D eigenvalue weighted by atomic mass is 35.5. The number of halogens is 1. The number of primary sulfonamides is 1. The number of nitrogens with two attached hydrogens (primary N) is 1. The third-order valence-electron chi connectivity index (χ3n) is 3.08. The van der Waals surface area contributed by atoms with E-state index in [0.717, 1.165) is 25.9 Å². The number of carbonyl (C=O) groups excluding carboxylic acids is 1. The fourth-order valence-corrected chi connectivity index (χ4v) is 2.56. The summed E-state index contributed by atoms with van der Waals surface area (Å²) in [7, 11) is -3.71. The van der Waals surface area contributed by atoms with Gasteiger partial charge in [0.2, 0.25) is 10.0 Å². The summed E-state index contributed by atoms with van der Waals surface area (Å²) in [6.07, 6.45) is 1.99. The quantitative estimate of drug-likeness (QED) is 0.742. The van der Waals surface area contributed by atoms with Crippen LogP contribution in [0.5, 0.6) is 0 Å². The molecule has 0 aromatic heterocycles. The molecule has 1 aromatic carbocycles. The fourth-order valence-electron chi connectivity index (χ4n) is 2.04. The molecule has 0 radical (unpaired) electrons. The predicted octanol–water partition coefficient (Wildman–Crippen LogP) is 0.238. The molecule has 112 valence electrons. The zero-order valence-corrected chi connectivity index (χ0v) is 12.5. The maximum Gasteiger partial charge on any atom is 0.251 e. The molecule has 1 heterocycles. The van der Waals surface area contributed by atoms with Crippen LogP contribution in [-0.2, 0) is 10.0 Å². The maximum atomic E-state index is 12.0. The third-order valence-corrected chi connectivity index (χ3v) is 4.01. The van der Waals surface area contributed by atoms with Gasteiger partial charge < -0.3 is 10.6 Å². The zero-order valence-electron chi connectivity index (χ0n) is 10.8. The molecule has 1 atom stereocenters. The Bertz CT molecular complexity index is 554. The third kappa shape index (κ3) is 4.45. The highest BCUT2D eigenvalue weighted by molar-refractivity contribution is 7.89. The van der Waals surface area contributed by atoms with Gasteiger partial charge in [-0.05, 0) is 43.7 Å². The highest BCUT2D eigenvalue weighted by Crippen LogP contribution is 2.09. The second kappa shape index (κ2) is 7.03. The molecular weight excluding hydrogens is 302 g/mol. The maximum absolute atomic E-state index is 12.0. The van der Waals surface area contributed by atoms with Gasteiger partial charge in [0, 0.05) is 18.2 Å². The van der Waals surface area contributed by atoms with E-state index in [0.29, 0.717) is 5.56 Å². The van der Waals surface area contributed by atoms with Crippen molar-refractivity contribution >= 4 is 28.3 Å². The molecule has 2 rings (SSSR count). The van der Waals surface area contributed by atoms with Crippen LogP contribution in [-0.4, -0.2) is 33.5 Å². The largest absolute Gasteiger partial charge is 0.348 e. The van der Waals surface area contributed by atoms with Crippen LogP contribution in [0, 0.1) is 0 Å². The van der Waals surface area contributed by atoms with Crippen molar-refractivity contribution in [1.29, 1.82) is 0 Å². The van der Waals surface area contributed by atoms with E-state index in [9.17, 15) is 13.2 Å². The molecule has 0 spiro atoms. The average molecular weight is 320 g/mol. The van der Waals surface area contributed by atoms with Gasteiger partial charge in [0.1, 0.15) is 0 Å². The molecule has 1 aliphatic heterocycles. The Kier molecular flexibility index (Phi) is 5.94. The lowest BCUT2D eigenvalue weighted by Gasteiger charge is -2.23. The van der Waals surface area contributed by atoms with Crippen molar-refractivity contribution < 1.29 is 13.2 Å². The van der Waals surface area contributed by atoms with Crippen LogP contribution in [0.4, 0.5) is 0 Å². The second-order valence-electron chi connectivity index (χ2n) is 4.59. The Balaban J connectivity index is 0.00000200. The van der Waals surface area contributed by atoms with E-state index in [1.165, 1.54) is 24.3 Å². The van der Waals surface area contributed by atoms with Crippen molar-refractivity contribution in [3.05, 3.63) is 29.8 Å². The van der Waals surface area contributed by atoms with Crippen LogP contribution in [0.1, 0.15) is 23.2 Å². The Hall–Kier alpha value is -1.15. The van der Waals surface area contributed by atoms with Gasteiger partial charge in [-0.3, -0.25) is 4.79 Å². The second-order valence-corrected chi connectivity index (χ2v) is 6.15. The fraction of sp³-hybridized carbons (Fsp3) is 0.417. The van der Waals surface area contributed by atoms with Gasteiger partial charge in [-0.2, -0.15) is 0 Å². The van der Waals surface area contributed by atoms with Crippen molar-refractivity contribution in [1.82, 2.24) is 10.6 Å². The molecule has 20 heavy (non-hydrogen) atoms. The molecule has 0 bridgehead atoms. The predicted molar refractivity (Wildman–Crippen MR) is 78.4 cm³/mol. The molecule has 1 aliphatic rings. The molecule has 1 aromatic rings. The van der Waals surface area contributed by atoms with Gasteiger partial charge in [0.05, 0.1) is 4.90 Å². The molecule has 1 amide bonds. The van der Waals surface area contributed by atoms with Crippen molar-refractivity contribution in [2.45, 2.75) is 23.8 Å². The normalized spacial score (nSPS) is 18.9. The number of sulfonamides is 1. The number of rotatable bonds is 3. The van der Waals surface area contributed by atoms with Gasteiger partial charge >= 0.3 is 0 Å². The summed E-state index contributed by atoms with van der Waals surface area (Å²) in [5.74, 6) is -0.199. The summed E-state index contributed by atoms with van der Waals surface area (Å²) >= 11 is 0. The first-order valence-corrected chi connectivity index (χ1v) is 7.66. The standard InChI is InChI=1S/C12H17N3O3S.ClH/c13-19(17,18)11-5-3-9(4-6-11)12(16)15-10-2-1-7-14-8-10;/h3-6,10,14H,1-2,7-8H2,(H,15,16)(H2,13,17,18);1H/t10-;/m1./s1. The van der Waals surface area contributed by atoms with Crippen LogP contribution in [0.2, 0.25) is 0 Å². The van der Waals surface area contributed by atoms with Crippen LogP contribution < -0.4 is 15.8 Å². The summed E-state index contributed by atoms with van der Waals surface area (Å²) in [6, 6.07) is 5.72. The van der Waals surface area contributed by atoms with Crippen molar-refractivity contribution in [2.24, 2.45) is 5.14 Å². The Labute approximate surface area is 124 Å². The minimum Gasteiger partial charge on any atom is -0.348 e. The number of carbonyl (C=O) groups is 1. The van der Waals surface area contributed by atoms with Gasteiger partial charge in [0.25, 0.3) is 5.91 Å². The van der Waals surface area contributed by atoms with Crippen LogP contribution in [0.25, 0.3) is 0 Å². The lowest BCUT2D eigenvalue weighted by Crippen LogP contribution is -2.45. The van der Waals surface area contributed by atoms with Crippen molar-refractivity contribution in [3.63, 3.8) is 0 Å². The SMILES string of the molecule is Cl.NS(=O)(=O)c1ccc(C(=O)N[C@@H]2CCCNC2)cc1. The Morgan fingerprint density at radius 3 is 2.45 bits per heavy atom. The monoisotopic (exact) mass is 319 g/mol. The van der Waals surface area contributed by atoms with E-state index in [-0.39, 0.29) is 29.3 Å². The minimum absolute atomic E-state index is 0. The molecular formula is C12H18ClN3O3S. The highest BCUT2D eigenvalue weighted by Gasteiger charge is 2.16. The molecule has 1 fully saturated rings.